The highest BCUT2D eigenvalue weighted by Gasteiger charge is 2.32. The second-order valence-corrected chi connectivity index (χ2v) is 4.73. The van der Waals surface area contributed by atoms with E-state index in [1.54, 1.807) is 17.0 Å². The number of allylic oxidation sites excluding steroid dienone is 1. The quantitative estimate of drug-likeness (QED) is 0.727. The molecule has 0 saturated carbocycles. The van der Waals surface area contributed by atoms with Gasteiger partial charge < -0.3 is 4.74 Å². The molecule has 0 atom stereocenters. The fourth-order valence-electron chi connectivity index (χ4n) is 2.34. The SMILES string of the molecule is BC(=O)N1CCN(c2ccc3c(c2)OC(=C)C=C3)C1=O. The van der Waals surface area contributed by atoms with Gasteiger partial charge in [0.25, 0.3) is 0 Å². The summed E-state index contributed by atoms with van der Waals surface area (Å²) >= 11 is 0. The number of benzene rings is 1. The van der Waals surface area contributed by atoms with Crippen LogP contribution in [0.3, 0.4) is 0 Å². The Balaban J connectivity index is 1.91. The second kappa shape index (κ2) is 4.56. The molecule has 1 fully saturated rings. The Morgan fingerprint density at radius 2 is 2.10 bits per heavy atom. The molecule has 2 aliphatic rings. The van der Waals surface area contributed by atoms with Crippen LogP contribution in [0.25, 0.3) is 6.08 Å². The Morgan fingerprint density at radius 3 is 2.80 bits per heavy atom. The molecule has 6 heteroatoms. The highest BCUT2D eigenvalue weighted by molar-refractivity contribution is 6.58. The predicted octanol–water partition coefficient (Wildman–Crippen LogP) is 1.60. The summed E-state index contributed by atoms with van der Waals surface area (Å²) in [6.45, 7) is 4.66. The third-order valence-electron chi connectivity index (χ3n) is 3.39. The number of amides is 3. The van der Waals surface area contributed by atoms with Crippen LogP contribution in [0.4, 0.5) is 15.3 Å². The van der Waals surface area contributed by atoms with Gasteiger partial charge in [0.1, 0.15) is 11.5 Å². The minimum atomic E-state index is -0.289. The van der Waals surface area contributed by atoms with E-state index in [1.165, 1.54) is 12.7 Å². The topological polar surface area (TPSA) is 49.9 Å². The summed E-state index contributed by atoms with van der Waals surface area (Å²) < 4.78 is 5.54. The number of urea groups is 1. The number of carbonyl (C=O) groups is 2. The smallest absolute Gasteiger partial charge is 0.330 e. The fraction of sp³-hybridized carbons (Fsp3) is 0.143. The highest BCUT2D eigenvalue weighted by atomic mass is 16.5. The molecule has 1 aromatic rings. The van der Waals surface area contributed by atoms with E-state index in [0.717, 1.165) is 11.3 Å². The fourth-order valence-corrected chi connectivity index (χ4v) is 2.34. The molecule has 0 unspecified atom stereocenters. The van der Waals surface area contributed by atoms with Crippen LogP contribution >= 0.6 is 0 Å². The third kappa shape index (κ3) is 1.99. The van der Waals surface area contributed by atoms with Crippen molar-refractivity contribution in [1.29, 1.82) is 0 Å². The molecule has 1 saturated heterocycles. The standard InChI is InChI=1S/C14H13BN2O3/c1-9-2-3-10-4-5-11(8-12(10)20-9)16-6-7-17(13(15)18)14(16)19/h2-5,8H,1,6-7,15H2. The first-order valence-corrected chi connectivity index (χ1v) is 6.35. The van der Waals surface area contributed by atoms with Crippen molar-refractivity contribution < 1.29 is 14.3 Å². The lowest BCUT2D eigenvalue weighted by molar-refractivity contribution is 0.214. The van der Waals surface area contributed by atoms with Gasteiger partial charge in [-0.3, -0.25) is 14.6 Å². The van der Waals surface area contributed by atoms with Gasteiger partial charge in [0.05, 0.1) is 0 Å². The first-order valence-electron chi connectivity index (χ1n) is 6.35. The van der Waals surface area contributed by atoms with Gasteiger partial charge in [-0.15, -0.1) is 0 Å². The third-order valence-corrected chi connectivity index (χ3v) is 3.39. The Kier molecular flexibility index (Phi) is 2.86. The molecule has 3 amide bonds. The number of anilines is 1. The molecule has 0 radical (unpaired) electrons. The van der Waals surface area contributed by atoms with Crippen LogP contribution < -0.4 is 9.64 Å². The molecule has 0 spiro atoms. The van der Waals surface area contributed by atoms with Gasteiger partial charge in [0.15, 0.2) is 5.81 Å². The van der Waals surface area contributed by atoms with Gasteiger partial charge in [0.2, 0.25) is 7.85 Å². The average molecular weight is 268 g/mol. The zero-order chi connectivity index (χ0) is 14.3. The number of carbonyl (C=O) groups excluding carboxylic acids is 2. The number of rotatable bonds is 1. The second-order valence-electron chi connectivity index (χ2n) is 4.73. The van der Waals surface area contributed by atoms with Crippen molar-refractivity contribution in [2.75, 3.05) is 18.0 Å². The van der Waals surface area contributed by atoms with Crippen LogP contribution in [0.5, 0.6) is 5.75 Å². The molecule has 0 N–H and O–H groups in total. The maximum absolute atomic E-state index is 12.1. The van der Waals surface area contributed by atoms with Crippen LogP contribution in [0.15, 0.2) is 36.6 Å². The molecular formula is C14H13BN2O3. The maximum Gasteiger partial charge on any atom is 0.330 e. The summed E-state index contributed by atoms with van der Waals surface area (Å²) in [6.07, 6.45) is 3.71. The van der Waals surface area contributed by atoms with Crippen molar-refractivity contribution in [1.82, 2.24) is 4.90 Å². The predicted molar refractivity (Wildman–Crippen MR) is 78.6 cm³/mol. The van der Waals surface area contributed by atoms with Crippen molar-refractivity contribution in [3.8, 4) is 5.75 Å². The number of nitrogens with zero attached hydrogens (tertiary/aromatic N) is 2. The van der Waals surface area contributed by atoms with Crippen LogP contribution in [0.2, 0.25) is 0 Å². The number of ether oxygens (including phenoxy) is 1. The number of fused-ring (bicyclic) bond motifs is 1. The Labute approximate surface area is 117 Å². The van der Waals surface area contributed by atoms with E-state index in [4.69, 9.17) is 4.74 Å². The first-order chi connectivity index (χ1) is 9.56. The first kappa shape index (κ1) is 12.5. The minimum absolute atomic E-state index is 0.233. The average Bonchev–Trinajstić information content (AvgIpc) is 2.80. The van der Waals surface area contributed by atoms with Crippen molar-refractivity contribution in [3.05, 3.63) is 42.2 Å². The van der Waals surface area contributed by atoms with E-state index in [2.05, 4.69) is 6.58 Å². The number of hydrogen-bond donors (Lipinski definition) is 0. The van der Waals surface area contributed by atoms with Crippen molar-refractivity contribution in [2.24, 2.45) is 0 Å². The van der Waals surface area contributed by atoms with E-state index in [-0.39, 0.29) is 11.8 Å². The van der Waals surface area contributed by atoms with Gasteiger partial charge >= 0.3 is 6.03 Å². The van der Waals surface area contributed by atoms with E-state index in [1.807, 2.05) is 18.2 Å². The van der Waals surface area contributed by atoms with Crippen LogP contribution in [0.1, 0.15) is 5.56 Å². The molecule has 0 bridgehead atoms. The largest absolute Gasteiger partial charge is 0.457 e. The molecule has 1 aromatic carbocycles. The molecule has 100 valence electrons. The van der Waals surface area contributed by atoms with Crippen LogP contribution in [0, 0.1) is 0 Å². The van der Waals surface area contributed by atoms with Gasteiger partial charge in [-0.2, -0.15) is 0 Å². The summed E-state index contributed by atoms with van der Waals surface area (Å²) in [7, 11) is 1.39. The molecule has 3 rings (SSSR count). The molecular weight excluding hydrogens is 255 g/mol. The molecule has 2 aliphatic heterocycles. The maximum atomic E-state index is 12.1. The summed E-state index contributed by atoms with van der Waals surface area (Å²) in [5.74, 6) is 1.000. The minimum Gasteiger partial charge on any atom is -0.457 e. The Morgan fingerprint density at radius 1 is 1.30 bits per heavy atom. The highest BCUT2D eigenvalue weighted by Crippen LogP contribution is 2.32. The molecule has 2 heterocycles. The summed E-state index contributed by atoms with van der Waals surface area (Å²) in [4.78, 5) is 26.3. The van der Waals surface area contributed by atoms with Gasteiger partial charge in [-0.25, -0.2) is 4.79 Å². The van der Waals surface area contributed by atoms with E-state index in [0.29, 0.717) is 24.6 Å². The molecule has 5 nitrogen and oxygen atoms in total. The summed E-state index contributed by atoms with van der Waals surface area (Å²) in [5.41, 5.74) is 1.66. The Bertz CT molecular complexity index is 654. The van der Waals surface area contributed by atoms with E-state index >= 15 is 0 Å². The normalized spacial score (nSPS) is 17.2. The monoisotopic (exact) mass is 268 g/mol. The van der Waals surface area contributed by atoms with E-state index in [9.17, 15) is 9.59 Å². The Hall–Kier alpha value is -2.50. The van der Waals surface area contributed by atoms with Crippen molar-refractivity contribution in [3.63, 3.8) is 0 Å². The molecule has 0 aromatic heterocycles. The lowest BCUT2D eigenvalue weighted by Gasteiger charge is -2.20. The van der Waals surface area contributed by atoms with Crippen LogP contribution in [-0.4, -0.2) is 37.7 Å². The zero-order valence-corrected chi connectivity index (χ0v) is 11.1. The van der Waals surface area contributed by atoms with Gasteiger partial charge in [0, 0.05) is 30.4 Å². The van der Waals surface area contributed by atoms with E-state index < -0.39 is 0 Å². The van der Waals surface area contributed by atoms with Crippen molar-refractivity contribution in [2.45, 2.75) is 0 Å². The number of hydrogen-bond acceptors (Lipinski definition) is 3. The summed E-state index contributed by atoms with van der Waals surface area (Å²) in [6, 6.07) is 5.24. The number of imide groups is 1. The summed E-state index contributed by atoms with van der Waals surface area (Å²) in [5, 5.41) is 0. The lowest BCUT2D eigenvalue weighted by atomic mass is 10.1. The van der Waals surface area contributed by atoms with Crippen molar-refractivity contribution >= 4 is 31.4 Å². The molecule has 0 aliphatic carbocycles. The molecule has 20 heavy (non-hydrogen) atoms. The van der Waals surface area contributed by atoms with Gasteiger partial charge in [-0.1, -0.05) is 6.58 Å². The van der Waals surface area contributed by atoms with Gasteiger partial charge in [-0.05, 0) is 24.3 Å². The zero-order valence-electron chi connectivity index (χ0n) is 11.1. The van der Waals surface area contributed by atoms with Crippen LogP contribution in [-0.2, 0) is 0 Å². The lowest BCUT2D eigenvalue weighted by Crippen LogP contribution is -2.35.